The summed E-state index contributed by atoms with van der Waals surface area (Å²) < 4.78 is 13.0. The van der Waals surface area contributed by atoms with Gasteiger partial charge in [0, 0.05) is 6.42 Å². The summed E-state index contributed by atoms with van der Waals surface area (Å²) >= 11 is 5.75. The van der Waals surface area contributed by atoms with Crippen molar-refractivity contribution in [3.05, 3.63) is 28.5 Å². The second-order valence-electron chi connectivity index (χ2n) is 2.98. The van der Waals surface area contributed by atoms with Crippen molar-refractivity contribution in [2.45, 2.75) is 20.3 Å². The van der Waals surface area contributed by atoms with Crippen LogP contribution >= 0.6 is 11.6 Å². The highest BCUT2D eigenvalue weighted by Crippen LogP contribution is 2.25. The highest BCUT2D eigenvalue weighted by Gasteiger charge is 2.07. The Morgan fingerprint density at radius 3 is 2.79 bits per heavy atom. The maximum atomic E-state index is 13.0. The molecule has 0 aliphatic heterocycles. The molecule has 0 heterocycles. The first-order chi connectivity index (χ1) is 6.54. The van der Waals surface area contributed by atoms with Gasteiger partial charge in [0.15, 0.2) is 0 Å². The van der Waals surface area contributed by atoms with Crippen molar-refractivity contribution in [3.63, 3.8) is 0 Å². The first-order valence-electron chi connectivity index (χ1n) is 4.30. The molecule has 0 saturated carbocycles. The van der Waals surface area contributed by atoms with E-state index >= 15 is 0 Å². The Morgan fingerprint density at radius 1 is 1.57 bits per heavy atom. The minimum absolute atomic E-state index is 0.141. The van der Waals surface area contributed by atoms with E-state index in [-0.39, 0.29) is 16.7 Å². The summed E-state index contributed by atoms with van der Waals surface area (Å²) in [7, 11) is 0. The Hall–Kier alpha value is -1.09. The number of rotatable bonds is 2. The molecule has 0 unspecified atom stereocenters. The topological polar surface area (TPSA) is 29.1 Å². The summed E-state index contributed by atoms with van der Waals surface area (Å²) in [4.78, 5) is 11.1. The highest BCUT2D eigenvalue weighted by molar-refractivity contribution is 6.33. The number of nitrogens with one attached hydrogen (secondary N) is 1. The van der Waals surface area contributed by atoms with Crippen LogP contribution in [-0.2, 0) is 4.79 Å². The van der Waals surface area contributed by atoms with Crippen LogP contribution in [0.1, 0.15) is 18.9 Å². The van der Waals surface area contributed by atoms with E-state index in [2.05, 4.69) is 5.32 Å². The zero-order valence-electron chi connectivity index (χ0n) is 8.03. The molecule has 0 fully saturated rings. The summed E-state index contributed by atoms with van der Waals surface area (Å²) in [5.41, 5.74) is 0.915. The fraction of sp³-hybridized carbons (Fsp3) is 0.300. The molecule has 4 heteroatoms. The van der Waals surface area contributed by atoms with E-state index in [1.807, 2.05) is 0 Å². The molecule has 0 saturated heterocycles. The van der Waals surface area contributed by atoms with Crippen LogP contribution in [0.4, 0.5) is 10.1 Å². The number of benzene rings is 1. The fourth-order valence-electron chi connectivity index (χ4n) is 0.992. The molecule has 0 aliphatic carbocycles. The number of carbonyl (C=O) groups excluding carboxylic acids is 1. The van der Waals surface area contributed by atoms with Crippen LogP contribution in [-0.4, -0.2) is 5.91 Å². The van der Waals surface area contributed by atoms with Gasteiger partial charge < -0.3 is 5.32 Å². The fourth-order valence-corrected chi connectivity index (χ4v) is 1.19. The molecule has 1 rings (SSSR count). The zero-order valence-corrected chi connectivity index (χ0v) is 8.78. The zero-order chi connectivity index (χ0) is 10.7. The molecule has 0 aromatic heterocycles. The lowest BCUT2D eigenvalue weighted by molar-refractivity contribution is -0.115. The van der Waals surface area contributed by atoms with Gasteiger partial charge in [0.05, 0.1) is 10.7 Å². The van der Waals surface area contributed by atoms with Gasteiger partial charge in [-0.2, -0.15) is 0 Å². The molecular formula is C10H11ClFNO. The Balaban J connectivity index is 2.98. The first kappa shape index (κ1) is 11.0. The number of hydrogen-bond acceptors (Lipinski definition) is 1. The van der Waals surface area contributed by atoms with Gasteiger partial charge in [-0.15, -0.1) is 0 Å². The van der Waals surface area contributed by atoms with Crippen LogP contribution in [0.2, 0.25) is 5.02 Å². The molecule has 0 radical (unpaired) electrons. The maximum Gasteiger partial charge on any atom is 0.224 e. The van der Waals surface area contributed by atoms with Crippen LogP contribution in [0, 0.1) is 12.7 Å². The SMILES string of the molecule is CCC(=O)Nc1cc(C)c(F)cc1Cl. The standard InChI is InChI=1S/C10H11ClFNO/c1-3-10(14)13-9-4-6(2)8(12)5-7(9)11/h4-5H,3H2,1-2H3,(H,13,14). The predicted molar refractivity (Wildman–Crippen MR) is 55.1 cm³/mol. The molecule has 0 spiro atoms. The van der Waals surface area contributed by atoms with E-state index < -0.39 is 0 Å². The third-order valence-electron chi connectivity index (χ3n) is 1.84. The van der Waals surface area contributed by atoms with Crippen LogP contribution in [0.5, 0.6) is 0 Å². The van der Waals surface area contributed by atoms with Crippen molar-refractivity contribution in [3.8, 4) is 0 Å². The van der Waals surface area contributed by atoms with Gasteiger partial charge in [-0.05, 0) is 24.6 Å². The minimum Gasteiger partial charge on any atom is -0.325 e. The van der Waals surface area contributed by atoms with E-state index in [1.54, 1.807) is 13.8 Å². The summed E-state index contributed by atoms with van der Waals surface area (Å²) in [6, 6.07) is 2.72. The van der Waals surface area contributed by atoms with Gasteiger partial charge in [-0.1, -0.05) is 18.5 Å². The highest BCUT2D eigenvalue weighted by atomic mass is 35.5. The maximum absolute atomic E-state index is 13.0. The van der Waals surface area contributed by atoms with Gasteiger partial charge in [-0.25, -0.2) is 4.39 Å². The molecular weight excluding hydrogens is 205 g/mol. The molecule has 14 heavy (non-hydrogen) atoms. The lowest BCUT2D eigenvalue weighted by Gasteiger charge is -2.07. The van der Waals surface area contributed by atoms with Crippen molar-refractivity contribution in [2.75, 3.05) is 5.32 Å². The number of hydrogen-bond donors (Lipinski definition) is 1. The van der Waals surface area contributed by atoms with Crippen molar-refractivity contribution in [2.24, 2.45) is 0 Å². The van der Waals surface area contributed by atoms with Gasteiger partial charge in [0.25, 0.3) is 0 Å². The van der Waals surface area contributed by atoms with Gasteiger partial charge in [0.2, 0.25) is 5.91 Å². The second kappa shape index (κ2) is 4.42. The van der Waals surface area contributed by atoms with Crippen molar-refractivity contribution in [1.82, 2.24) is 0 Å². The second-order valence-corrected chi connectivity index (χ2v) is 3.39. The first-order valence-corrected chi connectivity index (χ1v) is 4.68. The van der Waals surface area contributed by atoms with Crippen LogP contribution in [0.25, 0.3) is 0 Å². The van der Waals surface area contributed by atoms with Crippen molar-refractivity contribution in [1.29, 1.82) is 0 Å². The number of aryl methyl sites for hydroxylation is 1. The Bertz CT molecular complexity index is 365. The van der Waals surface area contributed by atoms with Gasteiger partial charge >= 0.3 is 0 Å². The van der Waals surface area contributed by atoms with Gasteiger partial charge in [0.1, 0.15) is 5.82 Å². The van der Waals surface area contributed by atoms with Crippen LogP contribution in [0.3, 0.4) is 0 Å². The van der Waals surface area contributed by atoms with E-state index in [0.29, 0.717) is 17.7 Å². The minimum atomic E-state index is -0.371. The number of carbonyl (C=O) groups is 1. The lowest BCUT2D eigenvalue weighted by Crippen LogP contribution is -2.10. The van der Waals surface area contributed by atoms with E-state index in [1.165, 1.54) is 12.1 Å². The van der Waals surface area contributed by atoms with Crippen LogP contribution < -0.4 is 5.32 Å². The Labute approximate surface area is 87.1 Å². The summed E-state index contributed by atoms with van der Waals surface area (Å²) in [6.45, 7) is 3.35. The molecule has 0 bridgehead atoms. The summed E-state index contributed by atoms with van der Waals surface area (Å²) in [6.07, 6.45) is 0.368. The van der Waals surface area contributed by atoms with Gasteiger partial charge in [-0.3, -0.25) is 4.79 Å². The van der Waals surface area contributed by atoms with Crippen molar-refractivity contribution < 1.29 is 9.18 Å². The average Bonchev–Trinajstić information content (AvgIpc) is 2.14. The molecule has 76 valence electrons. The third kappa shape index (κ3) is 2.45. The predicted octanol–water partition coefficient (Wildman–Crippen LogP) is 3.14. The summed E-state index contributed by atoms with van der Waals surface area (Å²) in [5, 5.41) is 2.81. The molecule has 1 N–H and O–H groups in total. The molecule has 1 aromatic carbocycles. The Morgan fingerprint density at radius 2 is 2.21 bits per heavy atom. The van der Waals surface area contributed by atoms with E-state index in [0.717, 1.165) is 0 Å². The lowest BCUT2D eigenvalue weighted by atomic mass is 10.2. The normalized spacial score (nSPS) is 10.0. The smallest absolute Gasteiger partial charge is 0.224 e. The Kier molecular flexibility index (Phi) is 3.47. The largest absolute Gasteiger partial charge is 0.325 e. The van der Waals surface area contributed by atoms with E-state index in [4.69, 9.17) is 11.6 Å². The van der Waals surface area contributed by atoms with E-state index in [9.17, 15) is 9.18 Å². The average molecular weight is 216 g/mol. The van der Waals surface area contributed by atoms with Crippen LogP contribution in [0.15, 0.2) is 12.1 Å². The van der Waals surface area contributed by atoms with Crippen molar-refractivity contribution >= 4 is 23.2 Å². The molecule has 0 aliphatic rings. The molecule has 1 aromatic rings. The quantitative estimate of drug-likeness (QED) is 0.807. The number of halogens is 2. The number of amides is 1. The number of anilines is 1. The third-order valence-corrected chi connectivity index (χ3v) is 2.16. The monoisotopic (exact) mass is 215 g/mol. The molecule has 2 nitrogen and oxygen atoms in total. The molecule has 0 atom stereocenters. The molecule has 1 amide bonds. The summed E-state index contributed by atoms with van der Waals surface area (Å²) in [5.74, 6) is -0.512.